The van der Waals surface area contributed by atoms with Gasteiger partial charge in [-0.1, -0.05) is 18.2 Å². The number of H-pyrrole nitrogens is 1. The Hall–Kier alpha value is -2.54. The number of imidazole rings is 1. The van der Waals surface area contributed by atoms with Crippen molar-refractivity contribution >= 4 is 11.9 Å². The number of benzene rings is 1. The molecule has 0 aliphatic rings. The van der Waals surface area contributed by atoms with Crippen molar-refractivity contribution in [1.29, 1.82) is 0 Å². The topological polar surface area (TPSA) is 101 Å². The van der Waals surface area contributed by atoms with E-state index in [2.05, 4.69) is 15.3 Å². The van der Waals surface area contributed by atoms with Crippen molar-refractivity contribution in [2.75, 3.05) is 25.0 Å². The van der Waals surface area contributed by atoms with Gasteiger partial charge in [-0.05, 0) is 6.07 Å². The number of para-hydroxylation sites is 1. The van der Waals surface area contributed by atoms with Gasteiger partial charge < -0.3 is 20.1 Å². The van der Waals surface area contributed by atoms with E-state index in [1.165, 1.54) is 6.07 Å². The Morgan fingerprint density at radius 3 is 2.86 bits per heavy atom. The average molecular weight is 290 g/mol. The first-order valence-corrected chi connectivity index (χ1v) is 6.54. The Morgan fingerprint density at radius 1 is 1.48 bits per heavy atom. The average Bonchev–Trinajstić information content (AvgIpc) is 2.98. The van der Waals surface area contributed by atoms with Crippen LogP contribution in [0.3, 0.4) is 0 Å². The second-order valence-electron chi connectivity index (χ2n) is 4.62. The number of phenols is 1. The lowest BCUT2D eigenvalue weighted by atomic mass is 10.1. The number of nitrogens with one attached hydrogen (secondary N) is 2. The molecule has 0 radical (unpaired) electrons. The molecule has 0 saturated carbocycles. The molecule has 2 aromatic rings. The van der Waals surface area contributed by atoms with Crippen LogP contribution in [0.25, 0.3) is 0 Å². The van der Waals surface area contributed by atoms with Crippen molar-refractivity contribution in [3.8, 4) is 5.75 Å². The quantitative estimate of drug-likeness (QED) is 0.606. The molecule has 2 rings (SSSR count). The maximum absolute atomic E-state index is 11.4. The zero-order valence-corrected chi connectivity index (χ0v) is 11.7. The lowest BCUT2D eigenvalue weighted by molar-refractivity contribution is -0.139. The van der Waals surface area contributed by atoms with Crippen LogP contribution in [0, 0.1) is 0 Å². The maximum atomic E-state index is 11.4. The van der Waals surface area contributed by atoms with E-state index in [0.29, 0.717) is 24.6 Å². The van der Waals surface area contributed by atoms with Gasteiger partial charge in [0.05, 0.1) is 0 Å². The Labute approximate surface area is 122 Å². The van der Waals surface area contributed by atoms with Gasteiger partial charge in [0.2, 0.25) is 5.95 Å². The molecule has 7 heteroatoms. The number of carboxylic acid groups (broad SMARTS) is 1. The monoisotopic (exact) mass is 290 g/mol. The minimum atomic E-state index is -1.03. The highest BCUT2D eigenvalue weighted by Gasteiger charge is 2.21. The van der Waals surface area contributed by atoms with Crippen LogP contribution < -0.4 is 10.2 Å². The Balaban J connectivity index is 1.95. The third-order valence-electron chi connectivity index (χ3n) is 3.14. The van der Waals surface area contributed by atoms with Crippen molar-refractivity contribution in [3.05, 3.63) is 42.2 Å². The molecular formula is C14H18N4O3. The smallest absolute Gasteiger partial charge is 0.325 e. The third-order valence-corrected chi connectivity index (χ3v) is 3.14. The molecule has 0 amide bonds. The Morgan fingerprint density at radius 2 is 2.24 bits per heavy atom. The predicted molar refractivity (Wildman–Crippen MR) is 78.3 cm³/mol. The molecule has 1 aromatic carbocycles. The summed E-state index contributed by atoms with van der Waals surface area (Å²) in [6, 6.07) is 5.47. The van der Waals surface area contributed by atoms with Gasteiger partial charge in [0.1, 0.15) is 11.8 Å². The van der Waals surface area contributed by atoms with Crippen molar-refractivity contribution in [1.82, 2.24) is 15.3 Å². The molecule has 112 valence electrons. The number of carbonyl (C=O) groups is 1. The Kier molecular flexibility index (Phi) is 4.78. The van der Waals surface area contributed by atoms with Crippen LogP contribution >= 0.6 is 0 Å². The number of carboxylic acids is 1. The van der Waals surface area contributed by atoms with E-state index < -0.39 is 12.0 Å². The predicted octanol–water partition coefficient (Wildman–Crippen LogP) is 0.967. The van der Waals surface area contributed by atoms with Gasteiger partial charge in [0.25, 0.3) is 0 Å². The lowest BCUT2D eigenvalue weighted by Crippen LogP contribution is -2.35. The molecule has 0 spiro atoms. The fourth-order valence-electron chi connectivity index (χ4n) is 2.01. The number of aromatic amines is 1. The zero-order chi connectivity index (χ0) is 15.2. The SMILES string of the molecule is CN(CCNC(C(=O)O)c1ccccc1O)c1ncc[nH]1. The lowest BCUT2D eigenvalue weighted by Gasteiger charge is -2.19. The highest BCUT2D eigenvalue weighted by molar-refractivity contribution is 5.76. The van der Waals surface area contributed by atoms with Gasteiger partial charge in [0, 0.05) is 38.1 Å². The molecule has 0 aliphatic carbocycles. The summed E-state index contributed by atoms with van der Waals surface area (Å²) in [5.74, 6) is -0.347. The summed E-state index contributed by atoms with van der Waals surface area (Å²) in [5.41, 5.74) is 0.352. The first-order valence-electron chi connectivity index (χ1n) is 6.54. The number of anilines is 1. The fourth-order valence-corrected chi connectivity index (χ4v) is 2.01. The summed E-state index contributed by atoms with van der Waals surface area (Å²) >= 11 is 0. The minimum Gasteiger partial charge on any atom is -0.508 e. The molecule has 1 heterocycles. The number of phenolic OH excluding ortho intramolecular Hbond substituents is 1. The van der Waals surface area contributed by atoms with E-state index in [-0.39, 0.29) is 5.75 Å². The molecule has 0 saturated heterocycles. The molecule has 0 fully saturated rings. The van der Waals surface area contributed by atoms with Crippen LogP contribution in [0.4, 0.5) is 5.95 Å². The third kappa shape index (κ3) is 3.73. The molecule has 7 nitrogen and oxygen atoms in total. The standard InChI is InChI=1S/C14H18N4O3/c1-18(14-16-6-7-17-14)9-8-15-12(13(20)21)10-4-2-3-5-11(10)19/h2-7,12,15,19H,8-9H2,1H3,(H,16,17)(H,20,21). The number of rotatable bonds is 7. The van der Waals surface area contributed by atoms with Crippen LogP contribution in [0.15, 0.2) is 36.7 Å². The number of aromatic hydroxyl groups is 1. The number of nitrogens with zero attached hydrogens (tertiary/aromatic N) is 2. The highest BCUT2D eigenvalue weighted by atomic mass is 16.4. The van der Waals surface area contributed by atoms with Crippen LogP contribution in [-0.2, 0) is 4.79 Å². The van der Waals surface area contributed by atoms with Gasteiger partial charge in [-0.15, -0.1) is 0 Å². The van der Waals surface area contributed by atoms with E-state index in [9.17, 15) is 15.0 Å². The largest absolute Gasteiger partial charge is 0.508 e. The van der Waals surface area contributed by atoms with Gasteiger partial charge in [0.15, 0.2) is 0 Å². The van der Waals surface area contributed by atoms with Crippen LogP contribution in [0.2, 0.25) is 0 Å². The molecule has 21 heavy (non-hydrogen) atoms. The van der Waals surface area contributed by atoms with Crippen LogP contribution in [0.5, 0.6) is 5.75 Å². The minimum absolute atomic E-state index is 0.0308. The number of aliphatic carboxylic acids is 1. The first-order chi connectivity index (χ1) is 10.1. The summed E-state index contributed by atoms with van der Waals surface area (Å²) in [6.07, 6.45) is 3.38. The number of aromatic nitrogens is 2. The van der Waals surface area contributed by atoms with Crippen molar-refractivity contribution in [3.63, 3.8) is 0 Å². The second-order valence-corrected chi connectivity index (χ2v) is 4.62. The van der Waals surface area contributed by atoms with Crippen LogP contribution in [0.1, 0.15) is 11.6 Å². The highest BCUT2D eigenvalue weighted by Crippen LogP contribution is 2.23. The van der Waals surface area contributed by atoms with E-state index in [0.717, 1.165) is 0 Å². The fraction of sp³-hybridized carbons (Fsp3) is 0.286. The van der Waals surface area contributed by atoms with Gasteiger partial charge in [-0.2, -0.15) is 0 Å². The van der Waals surface area contributed by atoms with E-state index in [1.807, 2.05) is 11.9 Å². The number of hydrogen-bond donors (Lipinski definition) is 4. The van der Waals surface area contributed by atoms with Crippen molar-refractivity contribution < 1.29 is 15.0 Å². The normalized spacial score (nSPS) is 12.0. The van der Waals surface area contributed by atoms with Crippen molar-refractivity contribution in [2.24, 2.45) is 0 Å². The number of hydrogen-bond acceptors (Lipinski definition) is 5. The number of likely N-dealkylation sites (N-methyl/N-ethyl adjacent to an activating group) is 1. The summed E-state index contributed by atoms with van der Waals surface area (Å²) < 4.78 is 0. The first kappa shape index (κ1) is 14.9. The zero-order valence-electron chi connectivity index (χ0n) is 11.7. The molecule has 0 aliphatic heterocycles. The summed E-state index contributed by atoms with van der Waals surface area (Å²) in [5, 5.41) is 22.0. The molecule has 1 atom stereocenters. The van der Waals surface area contributed by atoms with Gasteiger partial charge in [-0.3, -0.25) is 10.1 Å². The van der Waals surface area contributed by atoms with E-state index in [4.69, 9.17) is 0 Å². The summed E-state index contributed by atoms with van der Waals surface area (Å²) in [4.78, 5) is 20.3. The van der Waals surface area contributed by atoms with E-state index >= 15 is 0 Å². The van der Waals surface area contributed by atoms with Gasteiger partial charge >= 0.3 is 5.97 Å². The molecule has 1 unspecified atom stereocenters. The summed E-state index contributed by atoms with van der Waals surface area (Å²) in [7, 11) is 1.86. The summed E-state index contributed by atoms with van der Waals surface area (Å²) in [6.45, 7) is 1.01. The molecule has 4 N–H and O–H groups in total. The Bertz CT molecular complexity index is 586. The van der Waals surface area contributed by atoms with Crippen LogP contribution in [-0.4, -0.2) is 46.3 Å². The van der Waals surface area contributed by atoms with Crippen molar-refractivity contribution in [2.45, 2.75) is 6.04 Å². The van der Waals surface area contributed by atoms with E-state index in [1.54, 1.807) is 30.6 Å². The molecule has 1 aromatic heterocycles. The maximum Gasteiger partial charge on any atom is 0.325 e. The second kappa shape index (κ2) is 6.76. The van der Waals surface area contributed by atoms with Gasteiger partial charge in [-0.25, -0.2) is 4.98 Å². The molecular weight excluding hydrogens is 272 g/mol. The molecule has 0 bridgehead atoms.